The molecule has 1 aliphatic heterocycles. The molecule has 0 bridgehead atoms. The van der Waals surface area contributed by atoms with Crippen LogP contribution in [-0.4, -0.2) is 39.9 Å². The molecular weight excluding hydrogens is 299 g/mol. The lowest BCUT2D eigenvalue weighted by Gasteiger charge is -2.50. The van der Waals surface area contributed by atoms with Crippen LogP contribution in [0, 0.1) is 16.7 Å². The maximum Gasteiger partial charge on any atom is 0.403 e. The minimum atomic E-state index is -4.52. The Morgan fingerprint density at radius 3 is 2.50 bits per heavy atom. The standard InChI is InChI=1S/C13H14F3N5O/c14-13(15,16)12(1-2-12)10(22)20-7-11(8-20,3-4-17)21-6-9(18)5-19-21/h5-6H,1-3,7-8,18H2. The van der Waals surface area contributed by atoms with E-state index >= 15 is 0 Å². The Labute approximate surface area is 124 Å². The van der Waals surface area contributed by atoms with Crippen molar-refractivity contribution < 1.29 is 18.0 Å². The second-order valence-electron chi connectivity index (χ2n) is 6.02. The molecule has 1 aliphatic carbocycles. The predicted octanol–water partition coefficient (Wildman–Crippen LogP) is 1.26. The van der Waals surface area contributed by atoms with Crippen molar-refractivity contribution in [3.8, 4) is 6.07 Å². The van der Waals surface area contributed by atoms with Crippen molar-refractivity contribution >= 4 is 11.6 Å². The van der Waals surface area contributed by atoms with Crippen molar-refractivity contribution in [2.45, 2.75) is 31.0 Å². The zero-order valence-electron chi connectivity index (χ0n) is 11.6. The Bertz CT molecular complexity index is 649. The van der Waals surface area contributed by atoms with Gasteiger partial charge >= 0.3 is 6.18 Å². The van der Waals surface area contributed by atoms with E-state index in [0.29, 0.717) is 5.69 Å². The van der Waals surface area contributed by atoms with Crippen LogP contribution in [0.2, 0.25) is 0 Å². The SMILES string of the molecule is N#CCC1(n2cc(N)cn2)CN(C(=O)C2(C(F)(F)F)CC2)C1. The fraction of sp³-hybridized carbons (Fsp3) is 0.615. The first-order valence-corrected chi connectivity index (χ1v) is 6.78. The van der Waals surface area contributed by atoms with E-state index in [1.807, 2.05) is 6.07 Å². The highest BCUT2D eigenvalue weighted by atomic mass is 19.4. The number of carbonyl (C=O) groups excluding carboxylic acids is 1. The van der Waals surface area contributed by atoms with Gasteiger partial charge in [-0.25, -0.2) is 0 Å². The van der Waals surface area contributed by atoms with Crippen LogP contribution in [0.15, 0.2) is 12.4 Å². The Morgan fingerprint density at radius 2 is 2.09 bits per heavy atom. The lowest BCUT2D eigenvalue weighted by atomic mass is 9.85. The molecule has 0 radical (unpaired) electrons. The molecule has 1 aromatic heterocycles. The number of nitrogens with zero attached hydrogens (tertiary/aromatic N) is 4. The highest BCUT2D eigenvalue weighted by molar-refractivity contribution is 5.87. The average Bonchev–Trinajstić information content (AvgIpc) is 3.10. The summed E-state index contributed by atoms with van der Waals surface area (Å²) in [6, 6.07) is 2.00. The van der Waals surface area contributed by atoms with Gasteiger partial charge in [-0.15, -0.1) is 0 Å². The summed E-state index contributed by atoms with van der Waals surface area (Å²) in [4.78, 5) is 13.3. The van der Waals surface area contributed by atoms with E-state index in [1.54, 1.807) is 0 Å². The first kappa shape index (κ1) is 14.7. The summed E-state index contributed by atoms with van der Waals surface area (Å²) in [6.45, 7) is 0.0800. The van der Waals surface area contributed by atoms with Gasteiger partial charge in [0.25, 0.3) is 0 Å². The Morgan fingerprint density at radius 1 is 1.45 bits per heavy atom. The largest absolute Gasteiger partial charge is 0.403 e. The molecule has 2 N–H and O–H groups in total. The van der Waals surface area contributed by atoms with Crippen molar-refractivity contribution in [2.24, 2.45) is 5.41 Å². The topological polar surface area (TPSA) is 87.9 Å². The molecule has 0 aromatic carbocycles. The summed E-state index contributed by atoms with van der Waals surface area (Å²) < 4.78 is 40.5. The highest BCUT2D eigenvalue weighted by Gasteiger charge is 2.70. The number of halogens is 3. The number of hydrogen-bond acceptors (Lipinski definition) is 4. The third-order valence-corrected chi connectivity index (χ3v) is 4.46. The van der Waals surface area contributed by atoms with Gasteiger partial charge in [0.05, 0.1) is 24.4 Å². The van der Waals surface area contributed by atoms with Gasteiger partial charge in [0.1, 0.15) is 11.0 Å². The molecule has 0 unspecified atom stereocenters. The highest BCUT2D eigenvalue weighted by Crippen LogP contribution is 2.59. The zero-order chi connectivity index (χ0) is 16.2. The van der Waals surface area contributed by atoms with Crippen molar-refractivity contribution in [3.05, 3.63) is 12.4 Å². The van der Waals surface area contributed by atoms with Crippen LogP contribution in [0.5, 0.6) is 0 Å². The fourth-order valence-corrected chi connectivity index (χ4v) is 2.94. The van der Waals surface area contributed by atoms with E-state index in [4.69, 9.17) is 11.0 Å². The first-order chi connectivity index (χ1) is 10.2. The van der Waals surface area contributed by atoms with Crippen LogP contribution in [0.4, 0.5) is 18.9 Å². The van der Waals surface area contributed by atoms with Crippen LogP contribution in [0.1, 0.15) is 19.3 Å². The Hall–Kier alpha value is -2.24. The maximum atomic E-state index is 13.0. The normalized spacial score (nSPS) is 21.8. The molecule has 2 aliphatic rings. The van der Waals surface area contributed by atoms with Crippen molar-refractivity contribution in [1.82, 2.24) is 14.7 Å². The molecule has 22 heavy (non-hydrogen) atoms. The quantitative estimate of drug-likeness (QED) is 0.910. The molecule has 2 fully saturated rings. The van der Waals surface area contributed by atoms with Gasteiger partial charge in [0, 0.05) is 19.3 Å². The van der Waals surface area contributed by atoms with Crippen molar-refractivity contribution in [2.75, 3.05) is 18.8 Å². The van der Waals surface area contributed by atoms with E-state index < -0.39 is 23.0 Å². The number of nitrogen functional groups attached to an aromatic ring is 1. The number of amides is 1. The molecule has 6 nitrogen and oxygen atoms in total. The van der Waals surface area contributed by atoms with Crippen LogP contribution in [0.25, 0.3) is 0 Å². The molecular formula is C13H14F3N5O. The first-order valence-electron chi connectivity index (χ1n) is 6.78. The fourth-order valence-electron chi connectivity index (χ4n) is 2.94. The summed E-state index contributed by atoms with van der Waals surface area (Å²) in [6.07, 6.45) is -1.86. The molecule has 9 heteroatoms. The summed E-state index contributed by atoms with van der Waals surface area (Å²) in [7, 11) is 0. The van der Waals surface area contributed by atoms with E-state index in [1.165, 1.54) is 17.1 Å². The number of nitriles is 1. The molecule has 0 atom stereocenters. The zero-order valence-corrected chi connectivity index (χ0v) is 11.6. The smallest absolute Gasteiger partial charge is 0.396 e. The number of aromatic nitrogens is 2. The number of hydrogen-bond donors (Lipinski definition) is 1. The summed E-state index contributed by atoms with van der Waals surface area (Å²) in [5.41, 5.74) is 2.98. The molecule has 3 rings (SSSR count). The van der Waals surface area contributed by atoms with Crippen LogP contribution < -0.4 is 5.73 Å². The van der Waals surface area contributed by atoms with Crippen molar-refractivity contribution in [3.63, 3.8) is 0 Å². The lowest BCUT2D eigenvalue weighted by Crippen LogP contribution is -2.66. The molecule has 118 valence electrons. The van der Waals surface area contributed by atoms with Gasteiger partial charge in [-0.3, -0.25) is 9.48 Å². The predicted molar refractivity (Wildman–Crippen MR) is 69.1 cm³/mol. The van der Waals surface area contributed by atoms with Gasteiger partial charge in [0.15, 0.2) is 0 Å². The summed E-state index contributed by atoms with van der Waals surface area (Å²) >= 11 is 0. The minimum Gasteiger partial charge on any atom is -0.396 e. The number of nitrogens with two attached hydrogens (primary N) is 1. The van der Waals surface area contributed by atoms with Gasteiger partial charge in [-0.05, 0) is 12.8 Å². The number of alkyl halides is 3. The molecule has 1 aromatic rings. The summed E-state index contributed by atoms with van der Waals surface area (Å²) in [5.74, 6) is -0.895. The average molecular weight is 313 g/mol. The third kappa shape index (κ3) is 1.94. The van der Waals surface area contributed by atoms with E-state index in [9.17, 15) is 18.0 Å². The van der Waals surface area contributed by atoms with E-state index in [0.717, 1.165) is 4.90 Å². The van der Waals surface area contributed by atoms with Gasteiger partial charge in [-0.2, -0.15) is 23.5 Å². The number of anilines is 1. The third-order valence-electron chi connectivity index (χ3n) is 4.46. The van der Waals surface area contributed by atoms with Crippen molar-refractivity contribution in [1.29, 1.82) is 5.26 Å². The molecule has 1 saturated heterocycles. The number of likely N-dealkylation sites (tertiary alicyclic amines) is 1. The molecule has 1 amide bonds. The maximum absolute atomic E-state index is 13.0. The van der Waals surface area contributed by atoms with Crippen LogP contribution in [0.3, 0.4) is 0 Å². The molecule has 0 spiro atoms. The van der Waals surface area contributed by atoms with Crippen LogP contribution in [-0.2, 0) is 10.3 Å². The summed E-state index contributed by atoms with van der Waals surface area (Å²) in [5, 5.41) is 13.0. The molecule has 1 saturated carbocycles. The van der Waals surface area contributed by atoms with Gasteiger partial charge in [-0.1, -0.05) is 0 Å². The monoisotopic (exact) mass is 313 g/mol. The molecule has 2 heterocycles. The number of carbonyl (C=O) groups is 1. The van der Waals surface area contributed by atoms with E-state index in [2.05, 4.69) is 5.10 Å². The Kier molecular flexibility index (Phi) is 2.92. The van der Waals surface area contributed by atoms with E-state index in [-0.39, 0.29) is 32.4 Å². The second-order valence-corrected chi connectivity index (χ2v) is 6.02. The van der Waals surface area contributed by atoms with Gasteiger partial charge < -0.3 is 10.6 Å². The lowest BCUT2D eigenvalue weighted by molar-refractivity contribution is -0.204. The minimum absolute atomic E-state index is 0.0400. The van der Waals surface area contributed by atoms with Gasteiger partial charge in [0.2, 0.25) is 5.91 Å². The second kappa shape index (κ2) is 4.38. The van der Waals surface area contributed by atoms with Crippen LogP contribution >= 0.6 is 0 Å². The number of rotatable bonds is 3. The Balaban J connectivity index is 1.77.